The number of nitrogens with one attached hydrogen (secondary N) is 3. The van der Waals surface area contributed by atoms with Gasteiger partial charge in [-0.2, -0.15) is 11.8 Å². The Kier molecular flexibility index (Phi) is 9.09. The highest BCUT2D eigenvalue weighted by molar-refractivity contribution is 8.00. The Balaban J connectivity index is 1.05. The Hall–Kier alpha value is -3.22. The van der Waals surface area contributed by atoms with Crippen molar-refractivity contribution in [1.29, 1.82) is 0 Å². The molecule has 3 aliphatic rings. The molecule has 10 nitrogen and oxygen atoms in total. The summed E-state index contributed by atoms with van der Waals surface area (Å²) in [5.74, 6) is 2.21. The van der Waals surface area contributed by atoms with Gasteiger partial charge in [0.1, 0.15) is 22.7 Å². The van der Waals surface area contributed by atoms with E-state index in [9.17, 15) is 14.4 Å². The van der Waals surface area contributed by atoms with Crippen LogP contribution in [-0.2, 0) is 9.59 Å². The standard InChI is InChI=1S/C32H38ClN7O3S2/c1-17-18(2)45-30-26(17)27(20-9-11-21(33)12-10-20)35-23(29-39-38-19(3)40(29)30)15-25(42)34-14-13-22(41)7-5-6-8-24-28-32(4,16-44-24)37-31(43)36-28/h9-12,23-24,28H,5-8,13-16H2,1-4H3,(H,34,42)(H2,36,37,43)/t23?,24-,28-,32+/m0/s1. The van der Waals surface area contributed by atoms with E-state index in [0.29, 0.717) is 28.9 Å². The SMILES string of the molecule is Cc1sc2c(c1C)C(c1ccc(Cl)cc1)=NC(CC(=O)NCCC(=O)CCCC[C@@H]1SC[C@@]3(C)NC(=O)N[C@@H]13)c1nnc(C)n1-2. The average Bonchev–Trinajstić information content (AvgIpc) is 3.67. The lowest BCUT2D eigenvalue weighted by atomic mass is 9.92. The second-order valence-electron chi connectivity index (χ2n) is 12.3. The van der Waals surface area contributed by atoms with Crippen LogP contribution in [0.5, 0.6) is 0 Å². The molecule has 13 heteroatoms. The number of halogens is 1. The maximum absolute atomic E-state index is 13.2. The van der Waals surface area contributed by atoms with Crippen molar-refractivity contribution in [3.05, 3.63) is 62.5 Å². The number of aliphatic imine (C=N–C) groups is 1. The topological polar surface area (TPSA) is 130 Å². The van der Waals surface area contributed by atoms with Gasteiger partial charge in [-0.15, -0.1) is 21.5 Å². The molecule has 2 fully saturated rings. The first-order valence-electron chi connectivity index (χ1n) is 15.4. The lowest BCUT2D eigenvalue weighted by Crippen LogP contribution is -2.47. The van der Waals surface area contributed by atoms with Gasteiger partial charge in [0.25, 0.3) is 0 Å². The van der Waals surface area contributed by atoms with E-state index in [1.807, 2.05) is 47.5 Å². The maximum atomic E-state index is 13.2. The molecule has 0 radical (unpaired) electrons. The van der Waals surface area contributed by atoms with Crippen LogP contribution in [0.4, 0.5) is 4.79 Å². The van der Waals surface area contributed by atoms with Gasteiger partial charge in [0.2, 0.25) is 5.91 Å². The zero-order valence-electron chi connectivity index (χ0n) is 25.9. The smallest absolute Gasteiger partial charge is 0.315 e. The van der Waals surface area contributed by atoms with E-state index in [2.05, 4.69) is 46.9 Å². The largest absolute Gasteiger partial charge is 0.356 e. The Bertz CT molecular complexity index is 1670. The van der Waals surface area contributed by atoms with Crippen molar-refractivity contribution in [3.8, 4) is 5.00 Å². The number of urea groups is 1. The van der Waals surface area contributed by atoms with Crippen molar-refractivity contribution in [1.82, 2.24) is 30.7 Å². The fourth-order valence-electron chi connectivity index (χ4n) is 6.44. The molecule has 3 aliphatic heterocycles. The molecule has 1 unspecified atom stereocenters. The highest BCUT2D eigenvalue weighted by Gasteiger charge is 2.51. The van der Waals surface area contributed by atoms with Gasteiger partial charge in [-0.05, 0) is 58.2 Å². The lowest BCUT2D eigenvalue weighted by Gasteiger charge is -2.23. The van der Waals surface area contributed by atoms with Gasteiger partial charge in [0, 0.05) is 51.4 Å². The van der Waals surface area contributed by atoms with Crippen LogP contribution in [0.1, 0.15) is 84.7 Å². The van der Waals surface area contributed by atoms with E-state index < -0.39 is 6.04 Å². The summed E-state index contributed by atoms with van der Waals surface area (Å²) in [4.78, 5) is 43.9. The summed E-state index contributed by atoms with van der Waals surface area (Å²) in [6, 6.07) is 7.09. The fraction of sp³-hybridized carbons (Fsp3) is 0.500. The van der Waals surface area contributed by atoms with Gasteiger partial charge in [0.15, 0.2) is 5.82 Å². The highest BCUT2D eigenvalue weighted by atomic mass is 35.5. The molecule has 4 atom stereocenters. The molecule has 5 heterocycles. The first-order chi connectivity index (χ1) is 21.5. The van der Waals surface area contributed by atoms with Crippen molar-refractivity contribution >= 4 is 58.1 Å². The predicted molar refractivity (Wildman–Crippen MR) is 179 cm³/mol. The predicted octanol–water partition coefficient (Wildman–Crippen LogP) is 5.38. The minimum absolute atomic E-state index is 0.0842. The molecule has 0 saturated carbocycles. The van der Waals surface area contributed by atoms with Crippen molar-refractivity contribution in [2.24, 2.45) is 4.99 Å². The van der Waals surface area contributed by atoms with Gasteiger partial charge in [0.05, 0.1) is 23.7 Å². The molecule has 0 spiro atoms. The summed E-state index contributed by atoms with van der Waals surface area (Å²) in [5.41, 5.74) is 3.68. The van der Waals surface area contributed by atoms with Crippen LogP contribution in [0.2, 0.25) is 5.02 Å². The van der Waals surface area contributed by atoms with E-state index in [1.165, 1.54) is 4.88 Å². The number of ketones is 1. The number of nitrogens with zero attached hydrogens (tertiary/aromatic N) is 4. The Morgan fingerprint density at radius 2 is 1.91 bits per heavy atom. The Labute approximate surface area is 276 Å². The van der Waals surface area contributed by atoms with Gasteiger partial charge in [-0.25, -0.2) is 4.79 Å². The normalized spacial score (nSPS) is 23.4. The number of amides is 3. The van der Waals surface area contributed by atoms with E-state index in [-0.39, 0.29) is 42.3 Å². The molecule has 1 aromatic carbocycles. The number of Topliss-reactive ketones (excluding diaryl/α,β-unsaturated/α-hetero) is 1. The van der Waals surface area contributed by atoms with Crippen molar-refractivity contribution in [2.45, 2.75) is 89.1 Å². The number of unbranched alkanes of at least 4 members (excludes halogenated alkanes) is 1. The molecule has 6 rings (SSSR count). The summed E-state index contributed by atoms with van der Waals surface area (Å²) in [5, 5.41) is 19.8. The van der Waals surface area contributed by atoms with Crippen LogP contribution >= 0.6 is 34.7 Å². The quantitative estimate of drug-likeness (QED) is 0.186. The van der Waals surface area contributed by atoms with E-state index in [0.717, 1.165) is 58.2 Å². The number of thiophene rings is 1. The molecule has 3 N–H and O–H groups in total. The maximum Gasteiger partial charge on any atom is 0.315 e. The third kappa shape index (κ3) is 6.41. The number of rotatable bonds is 11. The molecule has 2 saturated heterocycles. The van der Waals surface area contributed by atoms with Crippen LogP contribution in [0.15, 0.2) is 29.3 Å². The van der Waals surface area contributed by atoms with Crippen molar-refractivity contribution in [3.63, 3.8) is 0 Å². The average molecular weight is 668 g/mol. The third-order valence-electron chi connectivity index (χ3n) is 9.00. The minimum atomic E-state index is -0.554. The second kappa shape index (κ2) is 12.9. The Morgan fingerprint density at radius 1 is 1.13 bits per heavy atom. The summed E-state index contributed by atoms with van der Waals surface area (Å²) < 4.78 is 2.02. The molecule has 0 bridgehead atoms. The van der Waals surface area contributed by atoms with Gasteiger partial charge >= 0.3 is 6.03 Å². The van der Waals surface area contributed by atoms with E-state index >= 15 is 0 Å². The second-order valence-corrected chi connectivity index (χ2v) is 15.2. The lowest BCUT2D eigenvalue weighted by molar-refractivity contribution is -0.122. The number of aromatic nitrogens is 3. The fourth-order valence-corrected chi connectivity index (χ4v) is 9.49. The summed E-state index contributed by atoms with van der Waals surface area (Å²) in [6.07, 6.45) is 3.56. The molecular weight excluding hydrogens is 630 g/mol. The molecule has 2 aromatic heterocycles. The zero-order valence-corrected chi connectivity index (χ0v) is 28.3. The molecule has 0 aliphatic carbocycles. The van der Waals surface area contributed by atoms with Crippen LogP contribution in [0.25, 0.3) is 5.00 Å². The number of hydrogen-bond acceptors (Lipinski definition) is 8. The molecule has 3 amide bonds. The number of carbonyl (C=O) groups is 3. The first-order valence-corrected chi connectivity index (χ1v) is 17.6. The molecule has 238 valence electrons. The van der Waals surface area contributed by atoms with Gasteiger partial charge in [-0.3, -0.25) is 19.1 Å². The number of thioether (sulfide) groups is 1. The zero-order chi connectivity index (χ0) is 31.9. The summed E-state index contributed by atoms with van der Waals surface area (Å²) in [7, 11) is 0. The number of hydrogen-bond donors (Lipinski definition) is 3. The number of benzene rings is 1. The highest BCUT2D eigenvalue weighted by Crippen LogP contribution is 2.41. The van der Waals surface area contributed by atoms with Gasteiger partial charge in [-0.1, -0.05) is 30.2 Å². The van der Waals surface area contributed by atoms with Crippen molar-refractivity contribution in [2.75, 3.05) is 12.3 Å². The summed E-state index contributed by atoms with van der Waals surface area (Å²) >= 11 is 9.75. The summed E-state index contributed by atoms with van der Waals surface area (Å²) in [6.45, 7) is 8.47. The van der Waals surface area contributed by atoms with E-state index in [1.54, 1.807) is 11.3 Å². The van der Waals surface area contributed by atoms with Crippen LogP contribution < -0.4 is 16.0 Å². The molecule has 3 aromatic rings. The molecule has 45 heavy (non-hydrogen) atoms. The van der Waals surface area contributed by atoms with Crippen LogP contribution in [-0.4, -0.2) is 67.3 Å². The van der Waals surface area contributed by atoms with Gasteiger partial charge < -0.3 is 16.0 Å². The first kappa shape index (κ1) is 31.7. The number of fused-ring (bicyclic) bond motifs is 4. The van der Waals surface area contributed by atoms with Crippen LogP contribution in [0, 0.1) is 20.8 Å². The van der Waals surface area contributed by atoms with Crippen molar-refractivity contribution < 1.29 is 14.4 Å². The van der Waals surface area contributed by atoms with E-state index in [4.69, 9.17) is 16.6 Å². The Morgan fingerprint density at radius 3 is 2.69 bits per heavy atom. The van der Waals surface area contributed by atoms with Crippen LogP contribution in [0.3, 0.4) is 0 Å². The molecular formula is C32H38ClN7O3S2. The number of aryl methyl sites for hydroxylation is 2. The minimum Gasteiger partial charge on any atom is -0.356 e. The third-order valence-corrected chi connectivity index (χ3v) is 12.1. The number of carbonyl (C=O) groups excluding carboxylic acids is 3. The monoisotopic (exact) mass is 667 g/mol.